The SMILES string of the molecule is CCNC1CCC(C)(C)CC1CN1CC(C)OC(CO)C1. The summed E-state index contributed by atoms with van der Waals surface area (Å²) in [6, 6.07) is 0.647. The van der Waals surface area contributed by atoms with Gasteiger partial charge in [-0.05, 0) is 44.1 Å². The summed E-state index contributed by atoms with van der Waals surface area (Å²) in [6.45, 7) is 13.3. The Kier molecular flexibility index (Phi) is 6.06. The van der Waals surface area contributed by atoms with Crippen LogP contribution in [-0.4, -0.2) is 61.0 Å². The zero-order valence-electron chi connectivity index (χ0n) is 14.3. The lowest BCUT2D eigenvalue weighted by Gasteiger charge is -2.45. The third-order valence-corrected chi connectivity index (χ3v) is 5.08. The summed E-state index contributed by atoms with van der Waals surface area (Å²) in [5.41, 5.74) is 0.463. The Bertz CT molecular complexity index is 322. The Morgan fingerprint density at radius 3 is 2.76 bits per heavy atom. The molecule has 1 aliphatic carbocycles. The van der Waals surface area contributed by atoms with Crippen molar-refractivity contribution in [1.29, 1.82) is 0 Å². The van der Waals surface area contributed by atoms with Crippen molar-refractivity contribution in [2.75, 3.05) is 32.8 Å². The highest BCUT2D eigenvalue weighted by Crippen LogP contribution is 2.39. The van der Waals surface area contributed by atoms with E-state index in [1.165, 1.54) is 19.3 Å². The molecule has 0 aromatic carbocycles. The number of rotatable bonds is 5. The van der Waals surface area contributed by atoms with Crippen LogP contribution in [0.3, 0.4) is 0 Å². The highest BCUT2D eigenvalue weighted by atomic mass is 16.5. The standard InChI is InChI=1S/C17H34N2O2/c1-5-18-16-6-7-17(3,4)8-14(16)10-19-9-13(2)21-15(11-19)12-20/h13-16,18,20H,5-12H2,1-4H3. The Morgan fingerprint density at radius 2 is 2.10 bits per heavy atom. The summed E-state index contributed by atoms with van der Waals surface area (Å²) in [7, 11) is 0. The average Bonchev–Trinajstić information content (AvgIpc) is 2.41. The predicted molar refractivity (Wildman–Crippen MR) is 86.4 cm³/mol. The molecule has 4 heteroatoms. The van der Waals surface area contributed by atoms with Crippen LogP contribution in [0.15, 0.2) is 0 Å². The lowest BCUT2D eigenvalue weighted by Crippen LogP contribution is -2.53. The summed E-state index contributed by atoms with van der Waals surface area (Å²) in [4.78, 5) is 2.51. The summed E-state index contributed by atoms with van der Waals surface area (Å²) in [5, 5.41) is 13.1. The van der Waals surface area contributed by atoms with Gasteiger partial charge >= 0.3 is 0 Å². The van der Waals surface area contributed by atoms with Crippen LogP contribution in [0.2, 0.25) is 0 Å². The Balaban J connectivity index is 1.96. The maximum atomic E-state index is 9.39. The molecule has 2 aliphatic rings. The first-order chi connectivity index (χ1) is 9.93. The predicted octanol–water partition coefficient (Wildman–Crippen LogP) is 1.87. The monoisotopic (exact) mass is 298 g/mol. The number of hydrogen-bond acceptors (Lipinski definition) is 4. The second-order valence-corrected chi connectivity index (χ2v) is 7.80. The second kappa shape index (κ2) is 7.40. The molecular weight excluding hydrogens is 264 g/mol. The molecule has 0 spiro atoms. The topological polar surface area (TPSA) is 44.7 Å². The molecule has 2 N–H and O–H groups in total. The molecule has 1 heterocycles. The van der Waals surface area contributed by atoms with Crippen LogP contribution < -0.4 is 5.32 Å². The first-order valence-corrected chi connectivity index (χ1v) is 8.65. The van der Waals surface area contributed by atoms with Crippen molar-refractivity contribution < 1.29 is 9.84 Å². The van der Waals surface area contributed by atoms with Gasteiger partial charge in [0.2, 0.25) is 0 Å². The third kappa shape index (κ3) is 4.92. The number of ether oxygens (including phenoxy) is 1. The molecule has 2 rings (SSSR count). The minimum Gasteiger partial charge on any atom is -0.394 e. The van der Waals surface area contributed by atoms with Gasteiger partial charge in [-0.2, -0.15) is 0 Å². The van der Waals surface area contributed by atoms with Crippen LogP contribution in [-0.2, 0) is 4.74 Å². The smallest absolute Gasteiger partial charge is 0.0936 e. The number of hydrogen-bond donors (Lipinski definition) is 2. The van der Waals surface area contributed by atoms with Crippen molar-refractivity contribution in [3.05, 3.63) is 0 Å². The molecule has 4 nitrogen and oxygen atoms in total. The fourth-order valence-electron chi connectivity index (χ4n) is 4.18. The van der Waals surface area contributed by atoms with Gasteiger partial charge in [-0.25, -0.2) is 0 Å². The molecular formula is C17H34N2O2. The number of nitrogens with zero attached hydrogens (tertiary/aromatic N) is 1. The van der Waals surface area contributed by atoms with Crippen LogP contribution in [0.5, 0.6) is 0 Å². The van der Waals surface area contributed by atoms with Gasteiger partial charge < -0.3 is 15.2 Å². The molecule has 0 aromatic rings. The van der Waals surface area contributed by atoms with Gasteiger partial charge in [0.05, 0.1) is 18.8 Å². The zero-order valence-corrected chi connectivity index (χ0v) is 14.3. The fourth-order valence-corrected chi connectivity index (χ4v) is 4.18. The Labute approximate surface area is 130 Å². The van der Waals surface area contributed by atoms with Gasteiger partial charge in [0.1, 0.15) is 0 Å². The summed E-state index contributed by atoms with van der Waals surface area (Å²) in [6.07, 6.45) is 4.11. The zero-order chi connectivity index (χ0) is 15.5. The molecule has 2 fully saturated rings. The van der Waals surface area contributed by atoms with Crippen molar-refractivity contribution in [2.24, 2.45) is 11.3 Å². The van der Waals surface area contributed by atoms with Crippen LogP contribution in [0.1, 0.15) is 47.0 Å². The molecule has 21 heavy (non-hydrogen) atoms. The van der Waals surface area contributed by atoms with Crippen LogP contribution in [0, 0.1) is 11.3 Å². The normalized spacial score (nSPS) is 37.6. The minimum atomic E-state index is -0.0112. The molecule has 4 atom stereocenters. The molecule has 4 unspecified atom stereocenters. The first-order valence-electron chi connectivity index (χ1n) is 8.65. The van der Waals surface area contributed by atoms with Crippen LogP contribution >= 0.6 is 0 Å². The van der Waals surface area contributed by atoms with Gasteiger partial charge in [-0.1, -0.05) is 20.8 Å². The molecule has 1 saturated carbocycles. The van der Waals surface area contributed by atoms with E-state index in [2.05, 4.69) is 37.9 Å². The molecule has 0 bridgehead atoms. The van der Waals surface area contributed by atoms with Gasteiger partial charge in [0.25, 0.3) is 0 Å². The van der Waals surface area contributed by atoms with Crippen LogP contribution in [0.4, 0.5) is 0 Å². The number of aliphatic hydroxyl groups excluding tert-OH is 1. The average molecular weight is 298 g/mol. The van der Waals surface area contributed by atoms with E-state index in [-0.39, 0.29) is 18.8 Å². The number of aliphatic hydroxyl groups is 1. The van der Waals surface area contributed by atoms with Crippen LogP contribution in [0.25, 0.3) is 0 Å². The van der Waals surface area contributed by atoms with E-state index in [4.69, 9.17) is 4.74 Å². The van der Waals surface area contributed by atoms with Gasteiger partial charge in [0.15, 0.2) is 0 Å². The summed E-state index contributed by atoms with van der Waals surface area (Å²) < 4.78 is 5.76. The van der Waals surface area contributed by atoms with E-state index in [0.717, 1.165) is 26.2 Å². The minimum absolute atomic E-state index is 0.0112. The Hall–Kier alpha value is -0.160. The maximum Gasteiger partial charge on any atom is 0.0936 e. The van der Waals surface area contributed by atoms with Gasteiger partial charge in [0, 0.05) is 25.7 Å². The van der Waals surface area contributed by atoms with E-state index in [0.29, 0.717) is 17.4 Å². The molecule has 0 aromatic heterocycles. The number of nitrogens with one attached hydrogen (secondary N) is 1. The van der Waals surface area contributed by atoms with E-state index in [1.807, 2.05) is 0 Å². The second-order valence-electron chi connectivity index (χ2n) is 7.80. The largest absolute Gasteiger partial charge is 0.394 e. The maximum absolute atomic E-state index is 9.39. The third-order valence-electron chi connectivity index (χ3n) is 5.08. The quantitative estimate of drug-likeness (QED) is 0.813. The molecule has 0 radical (unpaired) electrons. The fraction of sp³-hybridized carbons (Fsp3) is 1.00. The van der Waals surface area contributed by atoms with Gasteiger partial charge in [-0.3, -0.25) is 4.90 Å². The lowest BCUT2D eigenvalue weighted by molar-refractivity contribution is -0.101. The highest BCUT2D eigenvalue weighted by molar-refractivity contribution is 4.91. The summed E-state index contributed by atoms with van der Waals surface area (Å²) >= 11 is 0. The Morgan fingerprint density at radius 1 is 1.33 bits per heavy atom. The van der Waals surface area contributed by atoms with Crippen molar-refractivity contribution >= 4 is 0 Å². The van der Waals surface area contributed by atoms with E-state index in [1.54, 1.807) is 0 Å². The van der Waals surface area contributed by atoms with Crippen molar-refractivity contribution in [1.82, 2.24) is 10.2 Å². The highest BCUT2D eigenvalue weighted by Gasteiger charge is 2.36. The molecule has 0 amide bonds. The number of morpholine rings is 1. The first kappa shape index (κ1) is 17.2. The molecule has 1 saturated heterocycles. The summed E-state index contributed by atoms with van der Waals surface area (Å²) in [5.74, 6) is 0.707. The van der Waals surface area contributed by atoms with Crippen molar-refractivity contribution in [2.45, 2.75) is 65.2 Å². The van der Waals surface area contributed by atoms with E-state index < -0.39 is 0 Å². The lowest BCUT2D eigenvalue weighted by atomic mass is 9.69. The molecule has 124 valence electrons. The van der Waals surface area contributed by atoms with E-state index >= 15 is 0 Å². The van der Waals surface area contributed by atoms with Crippen molar-refractivity contribution in [3.63, 3.8) is 0 Å². The van der Waals surface area contributed by atoms with Gasteiger partial charge in [-0.15, -0.1) is 0 Å². The van der Waals surface area contributed by atoms with E-state index in [9.17, 15) is 5.11 Å². The molecule has 1 aliphatic heterocycles. The van der Waals surface area contributed by atoms with Crippen molar-refractivity contribution in [3.8, 4) is 0 Å².